The summed E-state index contributed by atoms with van der Waals surface area (Å²) in [5, 5.41) is 0. The molecule has 0 aromatic heterocycles. The Bertz CT molecular complexity index is 345. The Morgan fingerprint density at radius 2 is 1.26 bits per heavy atom. The van der Waals surface area contributed by atoms with Crippen LogP contribution in [0.15, 0.2) is 0 Å². The second-order valence-electron chi connectivity index (χ2n) is 8.58. The van der Waals surface area contributed by atoms with Crippen molar-refractivity contribution < 1.29 is 9.22 Å². The number of rotatable bonds is 19. The fourth-order valence-corrected chi connectivity index (χ4v) is 5.22. The molecule has 0 aliphatic carbocycles. The predicted molar refractivity (Wildman–Crippen MR) is 123 cm³/mol. The van der Waals surface area contributed by atoms with Gasteiger partial charge in [0, 0.05) is 0 Å². The van der Waals surface area contributed by atoms with Crippen LogP contribution >= 0.6 is 0 Å². The molecule has 162 valence electrons. The minimum atomic E-state index is -0.209. The molecule has 0 aromatic carbocycles. The molecule has 0 spiro atoms. The minimum Gasteiger partial charge on any atom is -0.528 e. The van der Waals surface area contributed by atoms with Crippen LogP contribution < -0.4 is 0 Å². The molecular formula is C24H50O2Si. The first kappa shape index (κ1) is 26.7. The molecule has 0 heterocycles. The first-order valence-corrected chi connectivity index (χ1v) is 13.0. The van der Waals surface area contributed by atoms with Crippen LogP contribution in [0.2, 0.25) is 0 Å². The fraction of sp³-hybridized carbons (Fsp3) is 0.958. The van der Waals surface area contributed by atoms with Gasteiger partial charge in [0.1, 0.15) is 0 Å². The highest BCUT2D eigenvalue weighted by Crippen LogP contribution is 2.44. The van der Waals surface area contributed by atoms with Gasteiger partial charge in [0.2, 0.25) is 10.5 Å². The third-order valence-corrected chi connectivity index (χ3v) is 6.82. The molecule has 0 rings (SSSR count). The van der Waals surface area contributed by atoms with Crippen LogP contribution in [0.3, 0.4) is 0 Å². The van der Waals surface area contributed by atoms with E-state index in [-0.39, 0.29) is 11.4 Å². The zero-order chi connectivity index (χ0) is 20.4. The van der Waals surface area contributed by atoms with Gasteiger partial charge in [-0.25, -0.2) is 0 Å². The molecule has 0 bridgehead atoms. The van der Waals surface area contributed by atoms with Crippen LogP contribution in [-0.2, 0) is 9.22 Å². The molecule has 3 heteroatoms. The summed E-state index contributed by atoms with van der Waals surface area (Å²) in [5.41, 5.74) is -0.209. The molecule has 27 heavy (non-hydrogen) atoms. The van der Waals surface area contributed by atoms with Gasteiger partial charge in [-0.1, -0.05) is 118 Å². The first-order chi connectivity index (χ1) is 13.1. The second kappa shape index (κ2) is 17.8. The Balaban J connectivity index is 4.81. The molecule has 0 saturated carbocycles. The molecule has 2 unspecified atom stereocenters. The van der Waals surface area contributed by atoms with Gasteiger partial charge in [0.15, 0.2) is 0 Å². The van der Waals surface area contributed by atoms with Crippen LogP contribution in [0.4, 0.5) is 0 Å². The molecule has 0 amide bonds. The van der Waals surface area contributed by atoms with Crippen molar-refractivity contribution in [1.82, 2.24) is 0 Å². The molecule has 0 fully saturated rings. The van der Waals surface area contributed by atoms with Crippen molar-refractivity contribution in [3.8, 4) is 0 Å². The van der Waals surface area contributed by atoms with Crippen LogP contribution in [0.5, 0.6) is 0 Å². The van der Waals surface area contributed by atoms with Crippen molar-refractivity contribution in [2.75, 3.05) is 0 Å². The average Bonchev–Trinajstić information content (AvgIpc) is 2.68. The lowest BCUT2D eigenvalue weighted by atomic mass is 9.66. The molecule has 0 N–H and O–H groups in total. The third kappa shape index (κ3) is 10.7. The van der Waals surface area contributed by atoms with E-state index in [2.05, 4.69) is 27.7 Å². The SMILES string of the molecule is CCCCCCCCC(CC)C(CCC)(CCCCCCCC)C(=O)O[SiH3]. The smallest absolute Gasteiger partial charge is 0.298 e. The summed E-state index contributed by atoms with van der Waals surface area (Å²) in [4.78, 5) is 13.0. The monoisotopic (exact) mass is 398 g/mol. The lowest BCUT2D eigenvalue weighted by Gasteiger charge is -2.39. The zero-order valence-electron chi connectivity index (χ0n) is 19.4. The number of hydrogen-bond donors (Lipinski definition) is 0. The van der Waals surface area contributed by atoms with E-state index >= 15 is 0 Å². The molecule has 0 aliphatic heterocycles. The summed E-state index contributed by atoms with van der Waals surface area (Å²) in [5.74, 6) is 0.628. The first-order valence-electron chi connectivity index (χ1n) is 12.2. The van der Waals surface area contributed by atoms with Gasteiger partial charge < -0.3 is 4.43 Å². The minimum absolute atomic E-state index is 0.127. The summed E-state index contributed by atoms with van der Waals surface area (Å²) in [6, 6.07) is 0. The third-order valence-electron chi connectivity index (χ3n) is 6.44. The van der Waals surface area contributed by atoms with Crippen LogP contribution in [0.1, 0.15) is 137 Å². The van der Waals surface area contributed by atoms with E-state index in [0.29, 0.717) is 16.4 Å². The maximum absolute atomic E-state index is 13.0. The van der Waals surface area contributed by atoms with E-state index in [0.717, 1.165) is 25.7 Å². The van der Waals surface area contributed by atoms with Gasteiger partial charge in [-0.3, -0.25) is 4.79 Å². The number of unbranched alkanes of at least 4 members (excludes halogenated alkanes) is 10. The van der Waals surface area contributed by atoms with Crippen molar-refractivity contribution >= 4 is 16.5 Å². The standard InChI is InChI=1S/C24H50O2Si/c1-5-9-11-13-15-17-19-22(8-4)24(20-7-3,23(25)26-27)21-18-16-14-12-10-6-2/h22H,5-21H2,1-4,27H3. The average molecular weight is 399 g/mol. The van der Waals surface area contributed by atoms with E-state index in [1.807, 2.05) is 0 Å². The number of carbonyl (C=O) groups excluding carboxylic acids is 1. The van der Waals surface area contributed by atoms with Gasteiger partial charge >= 0.3 is 0 Å². The summed E-state index contributed by atoms with van der Waals surface area (Å²) in [7, 11) is 0.527. The predicted octanol–water partition coefficient (Wildman–Crippen LogP) is 7.12. The van der Waals surface area contributed by atoms with Crippen LogP contribution in [-0.4, -0.2) is 16.5 Å². The maximum Gasteiger partial charge on any atom is 0.298 e. The van der Waals surface area contributed by atoms with E-state index in [1.165, 1.54) is 83.5 Å². The summed E-state index contributed by atoms with van der Waals surface area (Å²) >= 11 is 0. The maximum atomic E-state index is 13.0. The van der Waals surface area contributed by atoms with E-state index < -0.39 is 0 Å². The van der Waals surface area contributed by atoms with Gasteiger partial charge in [0.05, 0.1) is 5.41 Å². The topological polar surface area (TPSA) is 26.3 Å². The molecule has 0 aromatic rings. The van der Waals surface area contributed by atoms with Gasteiger partial charge in [-0.15, -0.1) is 0 Å². The Morgan fingerprint density at radius 3 is 1.74 bits per heavy atom. The second-order valence-corrected chi connectivity index (χ2v) is 8.99. The highest BCUT2D eigenvalue weighted by atomic mass is 28.2. The molecule has 2 atom stereocenters. The van der Waals surface area contributed by atoms with Crippen LogP contribution in [0.25, 0.3) is 0 Å². The Labute approximate surface area is 174 Å². The fourth-order valence-electron chi connectivity index (χ4n) is 4.82. The Kier molecular flexibility index (Phi) is 17.6. The molecule has 0 saturated heterocycles. The number of hydrogen-bond acceptors (Lipinski definition) is 2. The molecule has 0 aliphatic rings. The van der Waals surface area contributed by atoms with Crippen molar-refractivity contribution in [2.45, 2.75) is 137 Å². The zero-order valence-corrected chi connectivity index (χ0v) is 21.4. The largest absolute Gasteiger partial charge is 0.528 e. The summed E-state index contributed by atoms with van der Waals surface area (Å²) in [6.07, 6.45) is 21.2. The highest BCUT2D eigenvalue weighted by molar-refractivity contribution is 6.06. The normalized spacial score (nSPS) is 14.8. The van der Waals surface area contributed by atoms with Crippen molar-refractivity contribution in [3.05, 3.63) is 0 Å². The quantitative estimate of drug-likeness (QED) is 0.171. The van der Waals surface area contributed by atoms with E-state index in [1.54, 1.807) is 0 Å². The lowest BCUT2D eigenvalue weighted by Crippen LogP contribution is -2.40. The molecule has 0 radical (unpaired) electrons. The van der Waals surface area contributed by atoms with E-state index in [9.17, 15) is 4.79 Å². The van der Waals surface area contributed by atoms with Gasteiger partial charge in [-0.2, -0.15) is 0 Å². The van der Waals surface area contributed by atoms with Crippen molar-refractivity contribution in [1.29, 1.82) is 0 Å². The van der Waals surface area contributed by atoms with E-state index in [4.69, 9.17) is 4.43 Å². The van der Waals surface area contributed by atoms with Gasteiger partial charge in [-0.05, 0) is 25.2 Å². The lowest BCUT2D eigenvalue weighted by molar-refractivity contribution is -0.151. The Morgan fingerprint density at radius 1 is 0.741 bits per heavy atom. The number of carbonyl (C=O) groups is 1. The van der Waals surface area contributed by atoms with Crippen LogP contribution in [0, 0.1) is 11.3 Å². The Hall–Kier alpha value is -0.313. The van der Waals surface area contributed by atoms with Crippen molar-refractivity contribution in [3.63, 3.8) is 0 Å². The van der Waals surface area contributed by atoms with Crippen molar-refractivity contribution in [2.24, 2.45) is 11.3 Å². The summed E-state index contributed by atoms with van der Waals surface area (Å²) < 4.78 is 5.51. The highest BCUT2D eigenvalue weighted by Gasteiger charge is 2.43. The molecular weight excluding hydrogens is 348 g/mol. The molecule has 2 nitrogen and oxygen atoms in total. The van der Waals surface area contributed by atoms with Gasteiger partial charge in [0.25, 0.3) is 5.97 Å². The summed E-state index contributed by atoms with van der Waals surface area (Å²) in [6.45, 7) is 9.05.